The van der Waals surface area contributed by atoms with Crippen molar-refractivity contribution in [1.29, 1.82) is 10.8 Å². The van der Waals surface area contributed by atoms with Gasteiger partial charge in [-0.25, -0.2) is 4.79 Å². The average molecular weight is 566 g/mol. The molecule has 0 aliphatic carbocycles. The zero-order chi connectivity index (χ0) is 27.2. The van der Waals surface area contributed by atoms with Gasteiger partial charge in [-0.2, -0.15) is 4.39 Å². The first-order valence-corrected chi connectivity index (χ1v) is 11.6. The molecule has 10 heteroatoms. The fourth-order valence-corrected chi connectivity index (χ4v) is 4.44. The summed E-state index contributed by atoms with van der Waals surface area (Å²) < 4.78 is 28.3. The fourth-order valence-electron chi connectivity index (χ4n) is 4.44. The normalized spacial score (nSPS) is 16.6. The van der Waals surface area contributed by atoms with Crippen LogP contribution in [0, 0.1) is 16.8 Å². The number of benzene rings is 2. The number of nitrogens with zero attached hydrogens (tertiary/aromatic N) is 1. The molecule has 1 unspecified atom stereocenters. The molecule has 3 aromatic rings. The quantitative estimate of drug-likeness (QED) is 0.193. The number of halogens is 1. The van der Waals surface area contributed by atoms with Crippen molar-refractivity contribution >= 4 is 23.8 Å². The molecule has 38 heavy (non-hydrogen) atoms. The fraction of sp³-hybridized carbons (Fsp3) is 0.250. The van der Waals surface area contributed by atoms with Gasteiger partial charge < -0.3 is 29.3 Å². The van der Waals surface area contributed by atoms with Crippen molar-refractivity contribution in [3.8, 4) is 5.75 Å². The smallest absolute Gasteiger partial charge is 0.337 e. The van der Waals surface area contributed by atoms with E-state index in [0.717, 1.165) is 29.2 Å². The summed E-state index contributed by atoms with van der Waals surface area (Å²) in [5.41, 5.74) is 3.51. The van der Waals surface area contributed by atoms with Crippen LogP contribution in [0.25, 0.3) is 0 Å². The number of rotatable bonds is 7. The number of likely N-dealkylation sites (N-methyl/N-ethyl adjacent to an activating group) is 1. The standard InChI is InChI=1S/C19H21FN2O2.C9H9NO3.Co/c1-4-22-16-7-5-13(23-3)11-15(16)19(2,17(22)9-10-21)12-14-6-8-18(20)24-14;1-13-9(12)7-4-2-6(3-5-7)8(10)11;/h5-11,21H,4,12H2,1-3H3;2-5H,1H3,(H2,10,11);/b17-9-,21-10?;;. The van der Waals surface area contributed by atoms with Gasteiger partial charge in [0.05, 0.1) is 19.8 Å². The molecule has 3 N–H and O–H groups in total. The third-order valence-electron chi connectivity index (χ3n) is 6.24. The van der Waals surface area contributed by atoms with Crippen LogP contribution in [0.2, 0.25) is 0 Å². The van der Waals surface area contributed by atoms with Crippen LogP contribution in [0.5, 0.6) is 5.75 Å². The van der Waals surface area contributed by atoms with Gasteiger partial charge in [0.2, 0.25) is 5.90 Å². The van der Waals surface area contributed by atoms with E-state index in [0.29, 0.717) is 23.3 Å². The van der Waals surface area contributed by atoms with E-state index in [4.69, 9.17) is 25.1 Å². The molecule has 8 nitrogen and oxygen atoms in total. The number of furan rings is 1. The van der Waals surface area contributed by atoms with Crippen molar-refractivity contribution in [3.05, 3.63) is 94.8 Å². The van der Waals surface area contributed by atoms with Gasteiger partial charge in [0.15, 0.2) is 0 Å². The Hall–Kier alpha value is -3.89. The first-order valence-electron chi connectivity index (χ1n) is 11.6. The second-order valence-electron chi connectivity index (χ2n) is 8.48. The number of nitrogens with one attached hydrogen (secondary N) is 2. The summed E-state index contributed by atoms with van der Waals surface area (Å²) in [6.45, 7) is 4.95. The van der Waals surface area contributed by atoms with E-state index < -0.39 is 23.3 Å². The van der Waals surface area contributed by atoms with Gasteiger partial charge in [-0.15, -0.1) is 0 Å². The van der Waals surface area contributed by atoms with Crippen LogP contribution >= 0.6 is 0 Å². The Bertz CT molecular complexity index is 1320. The minimum Gasteiger partial charge on any atom is -0.497 e. The number of anilines is 1. The Morgan fingerprint density at radius 1 is 1.13 bits per heavy atom. The van der Waals surface area contributed by atoms with Crippen LogP contribution < -0.4 is 9.64 Å². The zero-order valence-electron chi connectivity index (χ0n) is 21.5. The molecule has 0 spiro atoms. The maximum atomic E-state index is 13.3. The monoisotopic (exact) mass is 566 g/mol. The molecule has 1 aliphatic heterocycles. The molecule has 203 valence electrons. The van der Waals surface area contributed by atoms with Gasteiger partial charge in [-0.05, 0) is 74.0 Å². The number of carbonyl (C=O) groups is 1. The maximum Gasteiger partial charge on any atom is 0.337 e. The maximum absolute atomic E-state index is 13.3. The Morgan fingerprint density at radius 3 is 2.29 bits per heavy atom. The summed E-state index contributed by atoms with van der Waals surface area (Å²) in [5.74, 6) is 0.405. The topological polar surface area (TPSA) is 120 Å². The largest absolute Gasteiger partial charge is 0.497 e. The second kappa shape index (κ2) is 13.1. The summed E-state index contributed by atoms with van der Waals surface area (Å²) in [6, 6.07) is 14.3. The van der Waals surface area contributed by atoms with Crippen molar-refractivity contribution in [1.82, 2.24) is 0 Å². The minimum absolute atomic E-state index is 0. The van der Waals surface area contributed by atoms with Gasteiger partial charge in [-0.1, -0.05) is 0 Å². The number of fused-ring (bicyclic) bond motifs is 1. The number of allylic oxidation sites excluding steroid dienone is 2. The van der Waals surface area contributed by atoms with Crippen LogP contribution in [0.4, 0.5) is 10.1 Å². The van der Waals surface area contributed by atoms with Crippen LogP contribution in [-0.2, 0) is 33.4 Å². The molecule has 1 aliphatic rings. The van der Waals surface area contributed by atoms with E-state index in [1.54, 1.807) is 19.3 Å². The molecule has 2 aromatic carbocycles. The third-order valence-corrected chi connectivity index (χ3v) is 6.24. The summed E-state index contributed by atoms with van der Waals surface area (Å²) in [5, 5.41) is 23.2. The van der Waals surface area contributed by atoms with Crippen molar-refractivity contribution in [2.45, 2.75) is 25.7 Å². The predicted molar refractivity (Wildman–Crippen MR) is 140 cm³/mol. The van der Waals surface area contributed by atoms with E-state index >= 15 is 0 Å². The molecule has 1 atom stereocenters. The number of carbonyl (C=O) groups excluding carboxylic acids is 1. The number of aliphatic hydroxyl groups excluding tert-OH is 1. The molecule has 1 aromatic heterocycles. The van der Waals surface area contributed by atoms with Crippen molar-refractivity contribution in [2.24, 2.45) is 0 Å². The van der Waals surface area contributed by atoms with Gasteiger partial charge >= 0.3 is 5.97 Å². The predicted octanol–water partition coefficient (Wildman–Crippen LogP) is 5.66. The molecule has 4 rings (SSSR count). The van der Waals surface area contributed by atoms with Crippen LogP contribution in [0.15, 0.2) is 70.8 Å². The molecule has 0 saturated heterocycles. The Balaban J connectivity index is 0.000000309. The van der Waals surface area contributed by atoms with Gasteiger partial charge in [0, 0.05) is 64.4 Å². The molecular formula is C28H30CoFN3O5. The summed E-state index contributed by atoms with van der Waals surface area (Å²) in [7, 11) is 2.94. The SMILES string of the molecule is CCN1/C(=C\C=N)C(C)(Cc2ccc(F)o2)c2cc(OC)ccc21.COC(=O)c1ccc(C(=N)O)cc1.[Co]. The molecule has 0 bridgehead atoms. The van der Waals surface area contributed by atoms with Crippen molar-refractivity contribution < 1.29 is 45.0 Å². The Morgan fingerprint density at radius 2 is 1.79 bits per heavy atom. The summed E-state index contributed by atoms with van der Waals surface area (Å²) >= 11 is 0. The zero-order valence-corrected chi connectivity index (χ0v) is 22.5. The number of aliphatic hydroxyl groups is 1. The molecule has 0 amide bonds. The number of hydrogen-bond acceptors (Lipinski definition) is 7. The number of hydrogen-bond donors (Lipinski definition) is 3. The van der Waals surface area contributed by atoms with Crippen LogP contribution in [-0.4, -0.2) is 44.0 Å². The average Bonchev–Trinajstić information content (AvgIpc) is 3.41. The molecule has 2 heterocycles. The van der Waals surface area contributed by atoms with E-state index in [1.807, 2.05) is 18.2 Å². The van der Waals surface area contributed by atoms with Crippen molar-refractivity contribution in [2.75, 3.05) is 25.7 Å². The molecule has 1 radical (unpaired) electrons. The minimum atomic E-state index is -0.581. The first kappa shape index (κ1) is 30.3. The van der Waals surface area contributed by atoms with Crippen molar-refractivity contribution in [3.63, 3.8) is 0 Å². The summed E-state index contributed by atoms with van der Waals surface area (Å²) in [4.78, 5) is 13.1. The van der Waals surface area contributed by atoms with Gasteiger partial charge in [0.25, 0.3) is 6.01 Å². The van der Waals surface area contributed by atoms with Crippen LogP contribution in [0.3, 0.4) is 0 Å². The molecule has 0 saturated carbocycles. The van der Waals surface area contributed by atoms with Crippen LogP contribution in [0.1, 0.15) is 41.1 Å². The number of ether oxygens (including phenoxy) is 2. The number of esters is 1. The van der Waals surface area contributed by atoms with E-state index in [1.165, 1.54) is 43.7 Å². The molecule has 0 fully saturated rings. The molecular weight excluding hydrogens is 536 g/mol. The summed E-state index contributed by atoms with van der Waals surface area (Å²) in [6.07, 6.45) is 3.60. The first-order chi connectivity index (χ1) is 17.7. The van der Waals surface area contributed by atoms with Gasteiger partial charge in [0.1, 0.15) is 11.5 Å². The Labute approximate surface area is 231 Å². The van der Waals surface area contributed by atoms with Gasteiger partial charge in [-0.3, -0.25) is 5.41 Å². The number of methoxy groups -OCH3 is 2. The van der Waals surface area contributed by atoms with E-state index in [9.17, 15) is 9.18 Å². The van der Waals surface area contributed by atoms with E-state index in [2.05, 4.69) is 23.5 Å². The Kier molecular flexibility index (Phi) is 10.4. The second-order valence-corrected chi connectivity index (χ2v) is 8.48. The van der Waals surface area contributed by atoms with E-state index in [-0.39, 0.29) is 16.8 Å². The third kappa shape index (κ3) is 6.32.